The highest BCUT2D eigenvalue weighted by Crippen LogP contribution is 2.35. The first kappa shape index (κ1) is 16.8. The molecule has 0 saturated carbocycles. The first-order valence-corrected chi connectivity index (χ1v) is 9.03. The van der Waals surface area contributed by atoms with E-state index < -0.39 is 0 Å². The summed E-state index contributed by atoms with van der Waals surface area (Å²) in [6, 6.07) is 17.0. The molecule has 2 aliphatic rings. The molecule has 2 aliphatic heterocycles. The van der Waals surface area contributed by atoms with Crippen molar-refractivity contribution < 1.29 is 9.59 Å². The van der Waals surface area contributed by atoms with Crippen molar-refractivity contribution in [1.29, 1.82) is 0 Å². The fraction of sp³-hybridized carbons (Fsp3) is 0.333. The number of rotatable bonds is 2. The zero-order valence-electron chi connectivity index (χ0n) is 15.1. The lowest BCUT2D eigenvalue weighted by molar-refractivity contribution is -0.131. The van der Waals surface area contributed by atoms with E-state index in [0.29, 0.717) is 13.0 Å². The van der Waals surface area contributed by atoms with Crippen LogP contribution in [0.2, 0.25) is 0 Å². The van der Waals surface area contributed by atoms with E-state index in [-0.39, 0.29) is 30.1 Å². The van der Waals surface area contributed by atoms with Crippen molar-refractivity contribution in [2.75, 3.05) is 7.05 Å². The average Bonchev–Trinajstić information content (AvgIpc) is 2.91. The van der Waals surface area contributed by atoms with Gasteiger partial charge in [-0.15, -0.1) is 0 Å². The van der Waals surface area contributed by atoms with Crippen molar-refractivity contribution in [2.24, 2.45) is 0 Å². The summed E-state index contributed by atoms with van der Waals surface area (Å²) in [5.41, 5.74) is 3.38. The Bertz CT molecular complexity index is 836. The smallest absolute Gasteiger partial charge is 0.322 e. The summed E-state index contributed by atoms with van der Waals surface area (Å²) in [7, 11) is 1.76. The molecule has 5 nitrogen and oxygen atoms in total. The van der Waals surface area contributed by atoms with E-state index in [1.165, 1.54) is 16.0 Å². The zero-order chi connectivity index (χ0) is 18.3. The standard InChI is InChI=1S/C21H23N3O2/c1-14-19(15-8-4-3-5-9-15)24(21(26)23(14)2)20(25)18-12-16-10-6-7-11-17(16)13-22-18/h3-11,14,18-19,22H,12-13H2,1-2H3/t14-,18-,19-/m1/s1. The maximum Gasteiger partial charge on any atom is 0.327 e. The van der Waals surface area contributed by atoms with Gasteiger partial charge in [-0.2, -0.15) is 0 Å². The SMILES string of the molecule is C[C@@H]1[C@H](c2ccccc2)N(C(=O)[C@H]2Cc3ccccc3CN2)C(=O)N1C. The van der Waals surface area contributed by atoms with Crippen LogP contribution >= 0.6 is 0 Å². The summed E-state index contributed by atoms with van der Waals surface area (Å²) in [5, 5.41) is 3.31. The number of carbonyl (C=O) groups excluding carboxylic acids is 2. The summed E-state index contributed by atoms with van der Waals surface area (Å²) in [4.78, 5) is 29.3. The molecule has 5 heteroatoms. The summed E-state index contributed by atoms with van der Waals surface area (Å²) >= 11 is 0. The van der Waals surface area contributed by atoms with Crippen LogP contribution < -0.4 is 5.32 Å². The second-order valence-corrected chi connectivity index (χ2v) is 7.10. The van der Waals surface area contributed by atoms with Crippen LogP contribution in [0.15, 0.2) is 54.6 Å². The molecule has 0 radical (unpaired) electrons. The van der Waals surface area contributed by atoms with Gasteiger partial charge in [0.15, 0.2) is 0 Å². The highest BCUT2D eigenvalue weighted by molar-refractivity contribution is 5.99. The van der Waals surface area contributed by atoms with Gasteiger partial charge in [-0.3, -0.25) is 9.69 Å². The monoisotopic (exact) mass is 349 g/mol. The minimum absolute atomic E-state index is 0.0651. The lowest BCUT2D eigenvalue weighted by Gasteiger charge is -2.31. The third-order valence-corrected chi connectivity index (χ3v) is 5.61. The Morgan fingerprint density at radius 2 is 1.69 bits per heavy atom. The fourth-order valence-electron chi connectivity index (χ4n) is 4.00. The number of hydrogen-bond acceptors (Lipinski definition) is 3. The van der Waals surface area contributed by atoms with E-state index >= 15 is 0 Å². The van der Waals surface area contributed by atoms with Gasteiger partial charge < -0.3 is 10.2 Å². The molecular weight excluding hydrogens is 326 g/mol. The van der Waals surface area contributed by atoms with Crippen LogP contribution in [0.5, 0.6) is 0 Å². The second-order valence-electron chi connectivity index (χ2n) is 7.10. The molecule has 0 spiro atoms. The molecule has 0 bridgehead atoms. The maximum absolute atomic E-state index is 13.3. The maximum atomic E-state index is 13.3. The Hall–Kier alpha value is -2.66. The van der Waals surface area contributed by atoms with Crippen LogP contribution in [-0.2, 0) is 17.8 Å². The second kappa shape index (κ2) is 6.57. The van der Waals surface area contributed by atoms with Gasteiger partial charge in [-0.25, -0.2) is 4.79 Å². The van der Waals surface area contributed by atoms with Gasteiger partial charge >= 0.3 is 6.03 Å². The highest BCUT2D eigenvalue weighted by atomic mass is 16.2. The van der Waals surface area contributed by atoms with E-state index in [1.54, 1.807) is 11.9 Å². The number of imide groups is 1. The molecule has 3 amide bonds. The topological polar surface area (TPSA) is 52.7 Å². The van der Waals surface area contributed by atoms with Gasteiger partial charge in [0.25, 0.3) is 0 Å². The van der Waals surface area contributed by atoms with Gasteiger partial charge in [-0.1, -0.05) is 54.6 Å². The summed E-state index contributed by atoms with van der Waals surface area (Å²) in [5.74, 6) is -0.144. The van der Waals surface area contributed by atoms with Crippen LogP contribution in [0.1, 0.15) is 29.7 Å². The highest BCUT2D eigenvalue weighted by Gasteiger charge is 2.47. The third kappa shape index (κ3) is 2.69. The Balaban J connectivity index is 1.64. The lowest BCUT2D eigenvalue weighted by Crippen LogP contribution is -2.51. The first-order chi connectivity index (χ1) is 12.6. The minimum Gasteiger partial charge on any atom is -0.322 e. The number of urea groups is 1. The lowest BCUT2D eigenvalue weighted by atomic mass is 9.94. The number of nitrogens with zero attached hydrogens (tertiary/aromatic N) is 2. The number of fused-ring (bicyclic) bond motifs is 1. The van der Waals surface area contributed by atoms with E-state index in [1.807, 2.05) is 49.4 Å². The number of benzene rings is 2. The molecule has 0 aliphatic carbocycles. The number of carbonyl (C=O) groups is 2. The molecule has 2 aromatic rings. The van der Waals surface area contributed by atoms with Gasteiger partial charge in [0, 0.05) is 13.6 Å². The molecule has 26 heavy (non-hydrogen) atoms. The Labute approximate surface area is 153 Å². The van der Waals surface area contributed by atoms with Crippen molar-refractivity contribution in [2.45, 2.75) is 38.0 Å². The van der Waals surface area contributed by atoms with Crippen molar-refractivity contribution >= 4 is 11.9 Å². The van der Waals surface area contributed by atoms with E-state index in [9.17, 15) is 9.59 Å². The number of amides is 3. The number of nitrogens with one attached hydrogen (secondary N) is 1. The Morgan fingerprint density at radius 1 is 1.04 bits per heavy atom. The van der Waals surface area contributed by atoms with E-state index in [0.717, 1.165) is 5.56 Å². The molecule has 3 atom stereocenters. The zero-order valence-corrected chi connectivity index (χ0v) is 15.1. The van der Waals surface area contributed by atoms with Crippen LogP contribution in [0.3, 0.4) is 0 Å². The van der Waals surface area contributed by atoms with Crippen LogP contribution in [0.4, 0.5) is 4.79 Å². The van der Waals surface area contributed by atoms with Gasteiger partial charge in [0.05, 0.1) is 18.1 Å². The predicted octanol–water partition coefficient (Wildman–Crippen LogP) is 2.72. The van der Waals surface area contributed by atoms with Crippen molar-refractivity contribution in [1.82, 2.24) is 15.1 Å². The van der Waals surface area contributed by atoms with Gasteiger partial charge in [0.2, 0.25) is 5.91 Å². The van der Waals surface area contributed by atoms with E-state index in [4.69, 9.17) is 0 Å². The molecule has 1 fully saturated rings. The summed E-state index contributed by atoms with van der Waals surface area (Å²) in [6.45, 7) is 2.64. The van der Waals surface area contributed by atoms with E-state index in [2.05, 4.69) is 17.4 Å². The molecule has 0 aromatic heterocycles. The third-order valence-electron chi connectivity index (χ3n) is 5.61. The van der Waals surface area contributed by atoms with Crippen LogP contribution in [0.25, 0.3) is 0 Å². The molecular formula is C21H23N3O2. The Morgan fingerprint density at radius 3 is 2.42 bits per heavy atom. The molecule has 134 valence electrons. The van der Waals surface area contributed by atoms with Crippen LogP contribution in [0, 0.1) is 0 Å². The molecule has 2 aromatic carbocycles. The van der Waals surface area contributed by atoms with Crippen LogP contribution in [-0.4, -0.2) is 40.9 Å². The van der Waals surface area contributed by atoms with Gasteiger partial charge in [0.1, 0.15) is 0 Å². The summed E-state index contributed by atoms with van der Waals surface area (Å²) in [6.07, 6.45) is 0.610. The molecule has 2 heterocycles. The van der Waals surface area contributed by atoms with Crippen molar-refractivity contribution in [3.63, 3.8) is 0 Å². The van der Waals surface area contributed by atoms with Crippen molar-refractivity contribution in [3.8, 4) is 0 Å². The van der Waals surface area contributed by atoms with Gasteiger partial charge in [-0.05, 0) is 30.0 Å². The average molecular weight is 349 g/mol. The quantitative estimate of drug-likeness (QED) is 0.907. The molecule has 1 saturated heterocycles. The summed E-state index contributed by atoms with van der Waals surface area (Å²) < 4.78 is 0. The van der Waals surface area contributed by atoms with Crippen molar-refractivity contribution in [3.05, 3.63) is 71.3 Å². The first-order valence-electron chi connectivity index (χ1n) is 9.03. The normalized spacial score (nSPS) is 25.3. The molecule has 1 N–H and O–H groups in total. The number of likely N-dealkylation sites (N-methyl/N-ethyl adjacent to an activating group) is 1. The fourth-order valence-corrected chi connectivity index (χ4v) is 4.00. The molecule has 0 unspecified atom stereocenters. The predicted molar refractivity (Wildman–Crippen MR) is 99.4 cm³/mol. The largest absolute Gasteiger partial charge is 0.327 e. The number of hydrogen-bond donors (Lipinski definition) is 1. The Kier molecular flexibility index (Phi) is 4.24. The minimum atomic E-state index is -0.376. The molecule has 4 rings (SSSR count).